The highest BCUT2D eigenvalue weighted by molar-refractivity contribution is 4.63. The molecule has 1 heterocycles. The molecule has 1 saturated heterocycles. The van der Waals surface area contributed by atoms with Crippen LogP contribution in [0.4, 0.5) is 0 Å². The first-order valence-electron chi connectivity index (χ1n) is 5.65. The molecule has 1 fully saturated rings. The van der Waals surface area contributed by atoms with Crippen molar-refractivity contribution in [1.82, 2.24) is 4.90 Å². The molecule has 0 radical (unpaired) electrons. The minimum atomic E-state index is -0.0944. The Morgan fingerprint density at radius 3 is 2.38 bits per heavy atom. The predicted octanol–water partition coefficient (Wildman–Crippen LogP) is 2.02. The van der Waals surface area contributed by atoms with Crippen LogP contribution in [0, 0.1) is 0 Å². The number of aliphatic hydroxyl groups is 1. The van der Waals surface area contributed by atoms with Crippen molar-refractivity contribution < 1.29 is 5.11 Å². The van der Waals surface area contributed by atoms with Crippen molar-refractivity contribution in [3.05, 3.63) is 0 Å². The van der Waals surface area contributed by atoms with Gasteiger partial charge in [-0.1, -0.05) is 32.1 Å². The van der Waals surface area contributed by atoms with Gasteiger partial charge in [0.25, 0.3) is 0 Å². The van der Waals surface area contributed by atoms with E-state index in [-0.39, 0.29) is 6.10 Å². The third-order valence-corrected chi connectivity index (χ3v) is 2.85. The van der Waals surface area contributed by atoms with Crippen LogP contribution < -0.4 is 0 Å². The molecule has 2 heteroatoms. The largest absolute Gasteiger partial charge is 0.392 e. The van der Waals surface area contributed by atoms with Crippen molar-refractivity contribution in [1.29, 1.82) is 0 Å². The highest BCUT2D eigenvalue weighted by atomic mass is 16.3. The van der Waals surface area contributed by atoms with Crippen LogP contribution in [0.25, 0.3) is 0 Å². The van der Waals surface area contributed by atoms with Gasteiger partial charge in [-0.15, -0.1) is 0 Å². The van der Waals surface area contributed by atoms with E-state index >= 15 is 0 Å². The summed E-state index contributed by atoms with van der Waals surface area (Å²) in [6.07, 6.45) is 8.80. The molecule has 1 aliphatic rings. The van der Waals surface area contributed by atoms with Crippen LogP contribution in [0.3, 0.4) is 0 Å². The van der Waals surface area contributed by atoms with E-state index in [4.69, 9.17) is 0 Å². The molecule has 0 aromatic heterocycles. The number of β-amino-alcohol motifs (C(OH)–C–C–N with tert-alkyl or cyclic N) is 1. The zero-order chi connectivity index (χ0) is 9.52. The molecule has 1 rings (SSSR count). The number of aliphatic hydroxyl groups excluding tert-OH is 1. The van der Waals surface area contributed by atoms with Crippen molar-refractivity contribution in [2.75, 3.05) is 20.1 Å². The zero-order valence-electron chi connectivity index (χ0n) is 8.84. The average molecular weight is 185 g/mol. The molecule has 1 N–H and O–H groups in total. The quantitative estimate of drug-likeness (QED) is 0.624. The van der Waals surface area contributed by atoms with E-state index in [2.05, 4.69) is 11.9 Å². The second-order valence-electron chi connectivity index (χ2n) is 4.33. The molecule has 1 atom stereocenters. The molecular formula is C11H23NO. The van der Waals surface area contributed by atoms with Crippen LogP contribution in [-0.4, -0.2) is 36.2 Å². The Morgan fingerprint density at radius 1 is 1.00 bits per heavy atom. The standard InChI is InChI=1S/C11H23NO/c1-12-9-7-5-3-2-4-6-8-11(13)10-12/h11,13H,2-10H2,1H3/t11-/m0/s1. The Morgan fingerprint density at radius 2 is 1.62 bits per heavy atom. The number of hydrogen-bond acceptors (Lipinski definition) is 2. The molecule has 0 amide bonds. The monoisotopic (exact) mass is 185 g/mol. The van der Waals surface area contributed by atoms with Gasteiger partial charge in [-0.05, 0) is 26.4 Å². The summed E-state index contributed by atoms with van der Waals surface area (Å²) in [6.45, 7) is 2.01. The third-order valence-electron chi connectivity index (χ3n) is 2.85. The van der Waals surface area contributed by atoms with E-state index < -0.39 is 0 Å². The van der Waals surface area contributed by atoms with E-state index in [1.165, 1.54) is 38.5 Å². The van der Waals surface area contributed by atoms with Gasteiger partial charge in [0.2, 0.25) is 0 Å². The van der Waals surface area contributed by atoms with E-state index in [0.29, 0.717) is 0 Å². The molecule has 0 spiro atoms. The number of rotatable bonds is 0. The van der Waals surface area contributed by atoms with Crippen LogP contribution >= 0.6 is 0 Å². The van der Waals surface area contributed by atoms with Crippen LogP contribution in [-0.2, 0) is 0 Å². The van der Waals surface area contributed by atoms with Crippen LogP contribution in [0.1, 0.15) is 44.9 Å². The Balaban J connectivity index is 2.25. The molecule has 0 saturated carbocycles. The lowest BCUT2D eigenvalue weighted by Crippen LogP contribution is -2.29. The Hall–Kier alpha value is -0.0800. The van der Waals surface area contributed by atoms with Crippen molar-refractivity contribution >= 4 is 0 Å². The van der Waals surface area contributed by atoms with Gasteiger partial charge in [-0.2, -0.15) is 0 Å². The number of nitrogens with zero attached hydrogens (tertiary/aromatic N) is 1. The topological polar surface area (TPSA) is 23.5 Å². The summed E-state index contributed by atoms with van der Waals surface area (Å²) in [4.78, 5) is 2.26. The summed E-state index contributed by atoms with van der Waals surface area (Å²) in [7, 11) is 2.11. The first-order valence-corrected chi connectivity index (χ1v) is 5.65. The Labute approximate surface area is 81.9 Å². The summed E-state index contributed by atoms with van der Waals surface area (Å²) in [5, 5.41) is 9.65. The minimum Gasteiger partial charge on any atom is -0.392 e. The van der Waals surface area contributed by atoms with Gasteiger partial charge in [0, 0.05) is 6.54 Å². The second-order valence-corrected chi connectivity index (χ2v) is 4.33. The number of hydrogen-bond donors (Lipinski definition) is 1. The van der Waals surface area contributed by atoms with Gasteiger partial charge in [0.1, 0.15) is 0 Å². The predicted molar refractivity (Wildman–Crippen MR) is 55.8 cm³/mol. The maximum atomic E-state index is 9.65. The highest BCUT2D eigenvalue weighted by Gasteiger charge is 2.08. The first kappa shape index (κ1) is 11.0. The summed E-state index contributed by atoms with van der Waals surface area (Å²) in [5.74, 6) is 0. The van der Waals surface area contributed by atoms with Crippen molar-refractivity contribution in [2.24, 2.45) is 0 Å². The van der Waals surface area contributed by atoms with Crippen molar-refractivity contribution in [3.63, 3.8) is 0 Å². The molecular weight excluding hydrogens is 162 g/mol. The SMILES string of the molecule is CN1CCCCCCCC[C@H](O)C1. The Bertz CT molecular complexity index is 113. The van der Waals surface area contributed by atoms with Crippen LogP contribution in [0.5, 0.6) is 0 Å². The molecule has 0 bridgehead atoms. The Kier molecular flexibility index (Phi) is 5.40. The zero-order valence-corrected chi connectivity index (χ0v) is 8.84. The minimum absolute atomic E-state index is 0.0944. The lowest BCUT2D eigenvalue weighted by molar-refractivity contribution is 0.115. The fraction of sp³-hybridized carbons (Fsp3) is 1.00. The normalized spacial score (nSPS) is 29.5. The van der Waals surface area contributed by atoms with E-state index in [1.807, 2.05) is 0 Å². The van der Waals surface area contributed by atoms with Gasteiger partial charge >= 0.3 is 0 Å². The maximum absolute atomic E-state index is 9.65. The molecule has 0 aliphatic carbocycles. The van der Waals surface area contributed by atoms with Gasteiger partial charge in [0.05, 0.1) is 6.10 Å². The maximum Gasteiger partial charge on any atom is 0.0667 e. The van der Waals surface area contributed by atoms with E-state index in [1.54, 1.807) is 0 Å². The summed E-state index contributed by atoms with van der Waals surface area (Å²) in [5.41, 5.74) is 0. The molecule has 1 aliphatic heterocycles. The molecule has 0 aromatic carbocycles. The second kappa shape index (κ2) is 6.39. The molecule has 13 heavy (non-hydrogen) atoms. The van der Waals surface area contributed by atoms with Gasteiger partial charge in [-0.25, -0.2) is 0 Å². The smallest absolute Gasteiger partial charge is 0.0667 e. The lowest BCUT2D eigenvalue weighted by Gasteiger charge is -2.19. The summed E-state index contributed by atoms with van der Waals surface area (Å²) in [6, 6.07) is 0. The molecule has 0 aromatic rings. The van der Waals surface area contributed by atoms with Crippen LogP contribution in [0.2, 0.25) is 0 Å². The fourth-order valence-corrected chi connectivity index (χ4v) is 2.01. The average Bonchev–Trinajstić information content (AvgIpc) is 2.11. The summed E-state index contributed by atoms with van der Waals surface area (Å²) < 4.78 is 0. The van der Waals surface area contributed by atoms with E-state index in [9.17, 15) is 5.11 Å². The van der Waals surface area contributed by atoms with Gasteiger partial charge < -0.3 is 10.0 Å². The van der Waals surface area contributed by atoms with Crippen LogP contribution in [0.15, 0.2) is 0 Å². The molecule has 0 unspecified atom stereocenters. The number of likely N-dealkylation sites (N-methyl/N-ethyl adjacent to an activating group) is 1. The fourth-order valence-electron chi connectivity index (χ4n) is 2.01. The lowest BCUT2D eigenvalue weighted by atomic mass is 10.1. The van der Waals surface area contributed by atoms with Gasteiger partial charge in [0.15, 0.2) is 0 Å². The van der Waals surface area contributed by atoms with E-state index in [0.717, 1.165) is 19.5 Å². The van der Waals surface area contributed by atoms with Crippen molar-refractivity contribution in [3.8, 4) is 0 Å². The molecule has 78 valence electrons. The summed E-state index contributed by atoms with van der Waals surface area (Å²) >= 11 is 0. The van der Waals surface area contributed by atoms with Crippen molar-refractivity contribution in [2.45, 2.75) is 51.0 Å². The third kappa shape index (κ3) is 5.27. The first-order chi connectivity index (χ1) is 6.29. The molecule has 2 nitrogen and oxygen atoms in total. The highest BCUT2D eigenvalue weighted by Crippen LogP contribution is 2.11. The van der Waals surface area contributed by atoms with Gasteiger partial charge in [-0.3, -0.25) is 0 Å².